The van der Waals surface area contributed by atoms with Crippen LogP contribution in [0.2, 0.25) is 0 Å². The molecular weight excluding hydrogens is 378 g/mol. The van der Waals surface area contributed by atoms with Crippen LogP contribution in [0.1, 0.15) is 24.6 Å². The predicted molar refractivity (Wildman–Crippen MR) is 106 cm³/mol. The maximum Gasteiger partial charge on any atom is 0.292 e. The third-order valence-electron chi connectivity index (χ3n) is 4.32. The van der Waals surface area contributed by atoms with Gasteiger partial charge in [0.25, 0.3) is 5.69 Å². The van der Waals surface area contributed by atoms with E-state index in [4.69, 9.17) is 0 Å². The summed E-state index contributed by atoms with van der Waals surface area (Å²) in [6, 6.07) is 15.9. The second-order valence-electron chi connectivity index (χ2n) is 6.40. The van der Waals surface area contributed by atoms with Gasteiger partial charge in [0.05, 0.1) is 10.7 Å². The van der Waals surface area contributed by atoms with Crippen molar-refractivity contribution in [3.8, 4) is 5.69 Å². The number of nitro benzene ring substituents is 1. The number of thioether (sulfide) groups is 1. The highest BCUT2D eigenvalue weighted by Crippen LogP contribution is 2.41. The summed E-state index contributed by atoms with van der Waals surface area (Å²) in [5.74, 6) is 1.05. The maximum absolute atomic E-state index is 12.3. The Morgan fingerprint density at radius 3 is 2.57 bits per heavy atom. The van der Waals surface area contributed by atoms with E-state index in [0.717, 1.165) is 24.4 Å². The van der Waals surface area contributed by atoms with E-state index in [1.807, 2.05) is 34.9 Å². The topological polar surface area (TPSA) is 103 Å². The Morgan fingerprint density at radius 2 is 1.86 bits per heavy atom. The summed E-state index contributed by atoms with van der Waals surface area (Å²) in [6.07, 6.45) is 2.18. The summed E-state index contributed by atoms with van der Waals surface area (Å²) >= 11 is 1.26. The third-order valence-corrected chi connectivity index (χ3v) is 5.25. The van der Waals surface area contributed by atoms with Crippen LogP contribution in [-0.2, 0) is 4.79 Å². The lowest BCUT2D eigenvalue weighted by molar-refractivity contribution is -0.383. The van der Waals surface area contributed by atoms with Gasteiger partial charge in [-0.3, -0.25) is 19.5 Å². The van der Waals surface area contributed by atoms with Crippen molar-refractivity contribution in [1.82, 2.24) is 14.8 Å². The number of rotatable bonds is 7. The van der Waals surface area contributed by atoms with E-state index < -0.39 is 4.92 Å². The minimum Gasteiger partial charge on any atom is -0.320 e. The number of anilines is 1. The first-order chi connectivity index (χ1) is 13.6. The molecule has 0 bridgehead atoms. The van der Waals surface area contributed by atoms with Crippen molar-refractivity contribution in [2.24, 2.45) is 0 Å². The van der Waals surface area contributed by atoms with Gasteiger partial charge in [0.1, 0.15) is 11.5 Å². The zero-order valence-electron chi connectivity index (χ0n) is 14.8. The zero-order valence-corrected chi connectivity index (χ0v) is 15.6. The Hall–Kier alpha value is -3.20. The Bertz CT molecular complexity index is 1020. The van der Waals surface area contributed by atoms with Gasteiger partial charge >= 0.3 is 0 Å². The number of para-hydroxylation sites is 3. The smallest absolute Gasteiger partial charge is 0.292 e. The minimum atomic E-state index is -0.517. The molecule has 0 aliphatic heterocycles. The third kappa shape index (κ3) is 3.89. The molecule has 9 heteroatoms. The number of hydrogen-bond acceptors (Lipinski definition) is 6. The largest absolute Gasteiger partial charge is 0.320 e. The molecule has 1 saturated carbocycles. The summed E-state index contributed by atoms with van der Waals surface area (Å²) in [6.45, 7) is 0. The first-order valence-corrected chi connectivity index (χ1v) is 9.79. The van der Waals surface area contributed by atoms with E-state index in [2.05, 4.69) is 15.5 Å². The van der Waals surface area contributed by atoms with Crippen molar-refractivity contribution in [3.63, 3.8) is 0 Å². The molecule has 1 amide bonds. The number of nitrogens with one attached hydrogen (secondary N) is 1. The number of nitrogens with zero attached hydrogens (tertiary/aromatic N) is 4. The number of hydrogen-bond donors (Lipinski definition) is 1. The molecule has 0 atom stereocenters. The molecule has 0 unspecified atom stereocenters. The van der Waals surface area contributed by atoms with Gasteiger partial charge in [-0.1, -0.05) is 42.1 Å². The lowest BCUT2D eigenvalue weighted by Crippen LogP contribution is -2.15. The minimum absolute atomic E-state index is 0.0711. The molecule has 2 aromatic carbocycles. The molecule has 1 N–H and O–H groups in total. The molecule has 1 aliphatic rings. The Balaban J connectivity index is 1.50. The number of carbonyl (C=O) groups is 1. The molecule has 4 rings (SSSR count). The summed E-state index contributed by atoms with van der Waals surface area (Å²) < 4.78 is 1.99. The van der Waals surface area contributed by atoms with Crippen LogP contribution in [0.15, 0.2) is 59.8 Å². The van der Waals surface area contributed by atoms with Gasteiger partial charge in [0.2, 0.25) is 5.91 Å². The maximum atomic E-state index is 12.3. The van der Waals surface area contributed by atoms with Crippen LogP contribution in [0, 0.1) is 10.1 Å². The quantitative estimate of drug-likeness (QED) is 0.371. The van der Waals surface area contributed by atoms with Gasteiger partial charge in [0.15, 0.2) is 5.16 Å². The first kappa shape index (κ1) is 18.2. The molecule has 142 valence electrons. The second-order valence-corrected chi connectivity index (χ2v) is 7.34. The van der Waals surface area contributed by atoms with E-state index in [-0.39, 0.29) is 23.0 Å². The number of carbonyl (C=O) groups excluding carboxylic acids is 1. The van der Waals surface area contributed by atoms with E-state index in [1.54, 1.807) is 12.1 Å². The van der Waals surface area contributed by atoms with Gasteiger partial charge in [-0.05, 0) is 31.0 Å². The summed E-state index contributed by atoms with van der Waals surface area (Å²) in [4.78, 5) is 22.9. The fourth-order valence-electron chi connectivity index (χ4n) is 2.86. The number of aromatic nitrogens is 3. The van der Waals surface area contributed by atoms with Crippen LogP contribution >= 0.6 is 11.8 Å². The molecule has 0 spiro atoms. The SMILES string of the molecule is O=C(CSc1nnc(C2CC2)n1-c1ccccc1)Nc1ccccc1[N+](=O)[O-]. The first-order valence-electron chi connectivity index (χ1n) is 8.80. The standard InChI is InChI=1S/C19H17N5O3S/c25-17(20-15-8-4-5-9-16(15)24(26)27)12-28-19-22-21-18(13-10-11-13)23(19)14-6-2-1-3-7-14/h1-9,13H,10-12H2,(H,20,25). The van der Waals surface area contributed by atoms with Crippen molar-refractivity contribution >= 4 is 29.0 Å². The molecule has 0 saturated heterocycles. The molecule has 28 heavy (non-hydrogen) atoms. The Morgan fingerprint density at radius 1 is 1.14 bits per heavy atom. The summed E-state index contributed by atoms with van der Waals surface area (Å²) in [5.41, 5.74) is 1.00. The van der Waals surface area contributed by atoms with E-state index in [1.165, 1.54) is 23.9 Å². The van der Waals surface area contributed by atoms with E-state index in [9.17, 15) is 14.9 Å². The van der Waals surface area contributed by atoms with Crippen LogP contribution in [0.25, 0.3) is 5.69 Å². The zero-order chi connectivity index (χ0) is 19.5. The molecule has 0 radical (unpaired) electrons. The van der Waals surface area contributed by atoms with E-state index >= 15 is 0 Å². The van der Waals surface area contributed by atoms with Crippen LogP contribution in [0.3, 0.4) is 0 Å². The summed E-state index contributed by atoms with van der Waals surface area (Å²) in [7, 11) is 0. The molecule has 8 nitrogen and oxygen atoms in total. The molecule has 1 aliphatic carbocycles. The average molecular weight is 395 g/mol. The highest BCUT2D eigenvalue weighted by molar-refractivity contribution is 7.99. The lowest BCUT2D eigenvalue weighted by Gasteiger charge is -2.10. The highest BCUT2D eigenvalue weighted by atomic mass is 32.2. The molecule has 1 fully saturated rings. The molecular formula is C19H17N5O3S. The summed E-state index contributed by atoms with van der Waals surface area (Å²) in [5, 5.41) is 22.9. The van der Waals surface area contributed by atoms with Crippen molar-refractivity contribution in [2.75, 3.05) is 11.1 Å². The molecule has 1 heterocycles. The predicted octanol–water partition coefficient (Wildman–Crippen LogP) is 3.78. The van der Waals surface area contributed by atoms with Crippen molar-refractivity contribution in [1.29, 1.82) is 0 Å². The van der Waals surface area contributed by atoms with E-state index in [0.29, 0.717) is 11.1 Å². The van der Waals surface area contributed by atoms with Crippen molar-refractivity contribution in [3.05, 3.63) is 70.5 Å². The van der Waals surface area contributed by atoms with Crippen molar-refractivity contribution in [2.45, 2.75) is 23.9 Å². The van der Waals surface area contributed by atoms with Crippen LogP contribution < -0.4 is 5.32 Å². The van der Waals surface area contributed by atoms with Gasteiger partial charge in [0, 0.05) is 17.7 Å². The van der Waals surface area contributed by atoms with Crippen LogP contribution in [0.5, 0.6) is 0 Å². The fraction of sp³-hybridized carbons (Fsp3) is 0.211. The Labute approximate surface area is 165 Å². The van der Waals surface area contributed by atoms with Crippen molar-refractivity contribution < 1.29 is 9.72 Å². The highest BCUT2D eigenvalue weighted by Gasteiger charge is 2.31. The fourth-order valence-corrected chi connectivity index (χ4v) is 3.61. The lowest BCUT2D eigenvalue weighted by atomic mass is 10.2. The molecule has 1 aromatic heterocycles. The average Bonchev–Trinajstić information content (AvgIpc) is 3.46. The number of benzene rings is 2. The van der Waals surface area contributed by atoms with Gasteiger partial charge in [-0.15, -0.1) is 10.2 Å². The van der Waals surface area contributed by atoms with Crippen LogP contribution in [-0.4, -0.2) is 31.3 Å². The molecule has 3 aromatic rings. The normalized spacial score (nSPS) is 13.3. The number of amides is 1. The monoisotopic (exact) mass is 395 g/mol. The number of nitro groups is 1. The van der Waals surface area contributed by atoms with Gasteiger partial charge in [-0.2, -0.15) is 0 Å². The van der Waals surface area contributed by atoms with Gasteiger partial charge in [-0.25, -0.2) is 0 Å². The Kier molecular flexibility index (Phi) is 5.07. The van der Waals surface area contributed by atoms with Gasteiger partial charge < -0.3 is 5.32 Å². The van der Waals surface area contributed by atoms with Crippen LogP contribution in [0.4, 0.5) is 11.4 Å². The second kappa shape index (κ2) is 7.81.